The lowest BCUT2D eigenvalue weighted by Crippen LogP contribution is -2.28. The highest BCUT2D eigenvalue weighted by atomic mass is 32.2. The Balaban J connectivity index is 2.01. The predicted molar refractivity (Wildman–Crippen MR) is 94.8 cm³/mol. The number of anilines is 3. The molecule has 28 heavy (non-hydrogen) atoms. The van der Waals surface area contributed by atoms with Gasteiger partial charge in [0.2, 0.25) is 5.75 Å². The number of hydrogen-bond donors (Lipinski definition) is 2. The van der Waals surface area contributed by atoms with Crippen LogP contribution in [-0.4, -0.2) is 39.2 Å². The zero-order valence-corrected chi connectivity index (χ0v) is 15.6. The van der Waals surface area contributed by atoms with E-state index >= 15 is 0 Å². The van der Waals surface area contributed by atoms with Gasteiger partial charge in [-0.2, -0.15) is 21.6 Å². The normalized spacial score (nSPS) is 13.8. The van der Waals surface area contributed by atoms with E-state index in [1.807, 2.05) is 0 Å². The van der Waals surface area contributed by atoms with Crippen molar-refractivity contribution < 1.29 is 35.2 Å². The molecule has 8 nitrogen and oxygen atoms in total. The van der Waals surface area contributed by atoms with Gasteiger partial charge in [-0.3, -0.25) is 0 Å². The SMILES string of the molecule is CNc1cc(C)nc(Nc2cc3c(c(OS(=O)(=O)C(F)(F)F)c2)OCCO3)c1. The summed E-state index contributed by atoms with van der Waals surface area (Å²) in [5, 5.41) is 5.84. The number of pyridine rings is 1. The summed E-state index contributed by atoms with van der Waals surface area (Å²) in [6.07, 6.45) is 0. The summed E-state index contributed by atoms with van der Waals surface area (Å²) in [5.41, 5.74) is -3.94. The summed E-state index contributed by atoms with van der Waals surface area (Å²) in [6.45, 7) is 1.95. The van der Waals surface area contributed by atoms with Gasteiger partial charge in [0, 0.05) is 42.3 Å². The van der Waals surface area contributed by atoms with Gasteiger partial charge in [0.15, 0.2) is 11.5 Å². The third kappa shape index (κ3) is 4.16. The van der Waals surface area contributed by atoms with Crippen LogP contribution in [0.4, 0.5) is 30.4 Å². The molecule has 0 fully saturated rings. The summed E-state index contributed by atoms with van der Waals surface area (Å²) >= 11 is 0. The molecule has 0 aliphatic carbocycles. The molecule has 0 spiro atoms. The third-order valence-corrected chi connectivity index (χ3v) is 4.57. The number of aryl methyl sites for hydroxylation is 1. The topological polar surface area (TPSA) is 98.8 Å². The van der Waals surface area contributed by atoms with Crippen LogP contribution in [0.3, 0.4) is 0 Å². The maximum absolute atomic E-state index is 12.7. The number of nitrogens with one attached hydrogen (secondary N) is 2. The fourth-order valence-corrected chi connectivity index (χ4v) is 2.90. The molecule has 12 heteroatoms. The average molecular weight is 419 g/mol. The maximum atomic E-state index is 12.7. The van der Waals surface area contributed by atoms with Crippen LogP contribution in [-0.2, 0) is 10.1 Å². The second kappa shape index (κ2) is 7.26. The number of rotatable bonds is 5. The maximum Gasteiger partial charge on any atom is 0.534 e. The summed E-state index contributed by atoms with van der Waals surface area (Å²) in [6, 6.07) is 5.97. The molecule has 0 unspecified atom stereocenters. The monoisotopic (exact) mass is 419 g/mol. The van der Waals surface area contributed by atoms with Crippen molar-refractivity contribution in [3.05, 3.63) is 30.0 Å². The largest absolute Gasteiger partial charge is 0.534 e. The number of fused-ring (bicyclic) bond motifs is 1. The van der Waals surface area contributed by atoms with Gasteiger partial charge >= 0.3 is 15.6 Å². The Kier molecular flexibility index (Phi) is 5.15. The first-order valence-electron chi connectivity index (χ1n) is 7.97. The minimum absolute atomic E-state index is 0.0349. The van der Waals surface area contributed by atoms with Crippen molar-refractivity contribution in [2.75, 3.05) is 30.9 Å². The van der Waals surface area contributed by atoms with Crippen molar-refractivity contribution in [3.63, 3.8) is 0 Å². The van der Waals surface area contributed by atoms with Crippen LogP contribution in [0.15, 0.2) is 24.3 Å². The lowest BCUT2D eigenvalue weighted by molar-refractivity contribution is -0.0501. The van der Waals surface area contributed by atoms with Crippen LogP contribution < -0.4 is 24.3 Å². The Labute approximate surface area is 158 Å². The molecule has 0 radical (unpaired) electrons. The molecule has 1 aliphatic heterocycles. The van der Waals surface area contributed by atoms with E-state index in [4.69, 9.17) is 9.47 Å². The van der Waals surface area contributed by atoms with Gasteiger partial charge in [-0.1, -0.05) is 0 Å². The van der Waals surface area contributed by atoms with E-state index in [2.05, 4.69) is 19.8 Å². The summed E-state index contributed by atoms with van der Waals surface area (Å²) < 4.78 is 75.8. The minimum atomic E-state index is -5.88. The van der Waals surface area contributed by atoms with Crippen molar-refractivity contribution in [1.82, 2.24) is 4.98 Å². The molecule has 2 heterocycles. The van der Waals surface area contributed by atoms with Crippen LogP contribution in [0.2, 0.25) is 0 Å². The van der Waals surface area contributed by atoms with E-state index in [-0.39, 0.29) is 30.4 Å². The zero-order chi connectivity index (χ0) is 20.5. The Morgan fingerprint density at radius 3 is 2.50 bits per heavy atom. The number of benzene rings is 1. The summed E-state index contributed by atoms with van der Waals surface area (Å²) in [4.78, 5) is 4.27. The molecule has 2 N–H and O–H groups in total. The fourth-order valence-electron chi connectivity index (χ4n) is 2.45. The van der Waals surface area contributed by atoms with Crippen LogP contribution in [0.5, 0.6) is 17.2 Å². The van der Waals surface area contributed by atoms with Gasteiger partial charge in [0.05, 0.1) is 0 Å². The van der Waals surface area contributed by atoms with Gasteiger partial charge in [0.1, 0.15) is 19.0 Å². The molecule has 1 aromatic heterocycles. The van der Waals surface area contributed by atoms with Crippen LogP contribution in [0.1, 0.15) is 5.69 Å². The van der Waals surface area contributed by atoms with E-state index in [1.165, 1.54) is 6.07 Å². The highest BCUT2D eigenvalue weighted by Gasteiger charge is 2.49. The summed E-state index contributed by atoms with van der Waals surface area (Å²) in [5.74, 6) is -0.438. The quantitative estimate of drug-likeness (QED) is 0.563. The average Bonchev–Trinajstić information content (AvgIpc) is 2.60. The van der Waals surface area contributed by atoms with Gasteiger partial charge in [0.25, 0.3) is 0 Å². The van der Waals surface area contributed by atoms with Gasteiger partial charge in [-0.05, 0) is 13.0 Å². The van der Waals surface area contributed by atoms with Crippen LogP contribution >= 0.6 is 0 Å². The number of halogens is 3. The van der Waals surface area contributed by atoms with Crippen molar-refractivity contribution in [2.24, 2.45) is 0 Å². The lowest BCUT2D eigenvalue weighted by Gasteiger charge is -2.22. The first-order valence-corrected chi connectivity index (χ1v) is 9.38. The second-order valence-corrected chi connectivity index (χ2v) is 7.28. The molecule has 2 aromatic rings. The Morgan fingerprint density at radius 1 is 1.11 bits per heavy atom. The molecular formula is C16H16F3N3O5S. The number of aromatic nitrogens is 1. The number of alkyl halides is 3. The molecule has 0 atom stereocenters. The van der Waals surface area contributed by atoms with Crippen LogP contribution in [0, 0.1) is 6.92 Å². The standard InChI is InChI=1S/C16H16F3N3O5S/c1-9-5-10(20-2)8-14(21-9)22-11-6-12-15(26-4-3-25-12)13(7-11)27-28(23,24)16(17,18)19/h5-8H,3-4H2,1-2H3,(H2,20,21,22). The number of nitrogens with zero attached hydrogens (tertiary/aromatic N) is 1. The first kappa shape index (κ1) is 19.9. The van der Waals surface area contributed by atoms with Crippen molar-refractivity contribution in [1.29, 1.82) is 0 Å². The van der Waals surface area contributed by atoms with E-state index in [1.54, 1.807) is 26.1 Å². The highest BCUT2D eigenvalue weighted by molar-refractivity contribution is 7.88. The van der Waals surface area contributed by atoms with E-state index < -0.39 is 21.4 Å². The lowest BCUT2D eigenvalue weighted by atomic mass is 10.2. The molecule has 152 valence electrons. The molecule has 1 aliphatic rings. The van der Waals surface area contributed by atoms with Gasteiger partial charge in [-0.25, -0.2) is 4.98 Å². The molecule has 1 aromatic carbocycles. The fraction of sp³-hybridized carbons (Fsp3) is 0.312. The van der Waals surface area contributed by atoms with E-state index in [0.29, 0.717) is 11.5 Å². The Bertz CT molecular complexity index is 996. The predicted octanol–water partition coefficient (Wildman–Crippen LogP) is 3.17. The smallest absolute Gasteiger partial charge is 0.486 e. The highest BCUT2D eigenvalue weighted by Crippen LogP contribution is 2.44. The van der Waals surface area contributed by atoms with Crippen molar-refractivity contribution >= 4 is 27.3 Å². The Hall–Kier alpha value is -2.89. The van der Waals surface area contributed by atoms with E-state index in [9.17, 15) is 21.6 Å². The second-order valence-electron chi connectivity index (χ2n) is 5.74. The summed E-state index contributed by atoms with van der Waals surface area (Å²) in [7, 11) is -4.16. The molecule has 0 saturated heterocycles. The molecule has 3 rings (SSSR count). The third-order valence-electron chi connectivity index (χ3n) is 3.61. The molecule has 0 bridgehead atoms. The molecule has 0 saturated carbocycles. The Morgan fingerprint density at radius 2 is 1.82 bits per heavy atom. The van der Waals surface area contributed by atoms with Gasteiger partial charge in [-0.15, -0.1) is 0 Å². The first-order chi connectivity index (χ1) is 13.1. The van der Waals surface area contributed by atoms with Crippen molar-refractivity contribution in [3.8, 4) is 17.2 Å². The molecular weight excluding hydrogens is 403 g/mol. The van der Waals surface area contributed by atoms with Gasteiger partial charge < -0.3 is 24.3 Å². The number of hydrogen-bond acceptors (Lipinski definition) is 8. The zero-order valence-electron chi connectivity index (χ0n) is 14.8. The number of ether oxygens (including phenoxy) is 2. The van der Waals surface area contributed by atoms with Crippen molar-refractivity contribution in [2.45, 2.75) is 12.4 Å². The minimum Gasteiger partial charge on any atom is -0.486 e. The van der Waals surface area contributed by atoms with Crippen LogP contribution in [0.25, 0.3) is 0 Å². The van der Waals surface area contributed by atoms with E-state index in [0.717, 1.165) is 11.8 Å². The molecule has 0 amide bonds.